The first-order valence-corrected chi connectivity index (χ1v) is 8.75. The molecule has 0 fully saturated rings. The van der Waals surface area contributed by atoms with Gasteiger partial charge in [0.1, 0.15) is 5.82 Å². The Morgan fingerprint density at radius 2 is 2.04 bits per heavy atom. The van der Waals surface area contributed by atoms with Crippen molar-refractivity contribution in [3.63, 3.8) is 0 Å². The molecule has 1 atom stereocenters. The molecule has 1 aromatic carbocycles. The Hall–Kier alpha value is -1.79. The van der Waals surface area contributed by atoms with Crippen molar-refractivity contribution in [1.82, 2.24) is 14.9 Å². The van der Waals surface area contributed by atoms with E-state index in [1.165, 1.54) is 0 Å². The van der Waals surface area contributed by atoms with Crippen molar-refractivity contribution in [2.24, 2.45) is 5.73 Å². The van der Waals surface area contributed by atoms with Crippen LogP contribution in [0, 0.1) is 6.92 Å². The predicted octanol–water partition coefficient (Wildman–Crippen LogP) is 2.27. The van der Waals surface area contributed by atoms with Crippen molar-refractivity contribution in [3.05, 3.63) is 48.0 Å². The highest BCUT2D eigenvalue weighted by Gasteiger charge is 2.30. The van der Waals surface area contributed by atoms with Crippen LogP contribution < -0.4 is 11.1 Å². The van der Waals surface area contributed by atoms with Crippen molar-refractivity contribution < 1.29 is 4.79 Å². The van der Waals surface area contributed by atoms with Crippen LogP contribution in [-0.4, -0.2) is 32.5 Å². The van der Waals surface area contributed by atoms with Crippen LogP contribution in [0.15, 0.2) is 36.7 Å². The topological polar surface area (TPSA) is 72.9 Å². The number of nitrogens with two attached hydrogens (primary N) is 1. The number of rotatable bonds is 6. The molecule has 0 saturated carbocycles. The van der Waals surface area contributed by atoms with Crippen LogP contribution in [0.1, 0.15) is 25.2 Å². The van der Waals surface area contributed by atoms with Gasteiger partial charge in [0.05, 0.1) is 6.04 Å². The molecule has 6 heteroatoms. The number of aryl methyl sites for hydroxylation is 1. The molecule has 1 amide bonds. The molecule has 0 radical (unpaired) electrons. The molecule has 124 valence electrons. The summed E-state index contributed by atoms with van der Waals surface area (Å²) >= 11 is 1.59. The zero-order chi connectivity index (χ0) is 17.0. The molecule has 0 aliphatic heterocycles. The number of amides is 1. The molecule has 1 aromatic heterocycles. The minimum Gasteiger partial charge on any atom is -0.351 e. The summed E-state index contributed by atoms with van der Waals surface area (Å²) in [7, 11) is 0. The van der Waals surface area contributed by atoms with Crippen LogP contribution in [0.4, 0.5) is 0 Å². The van der Waals surface area contributed by atoms with Crippen molar-refractivity contribution in [2.45, 2.75) is 38.1 Å². The number of carbonyl (C=O) groups is 1. The zero-order valence-corrected chi connectivity index (χ0v) is 14.9. The summed E-state index contributed by atoms with van der Waals surface area (Å²) in [6.07, 6.45) is 5.66. The van der Waals surface area contributed by atoms with Gasteiger partial charge in [0.2, 0.25) is 5.91 Å². The van der Waals surface area contributed by atoms with Crippen LogP contribution in [0.5, 0.6) is 0 Å². The second kappa shape index (κ2) is 7.19. The van der Waals surface area contributed by atoms with E-state index in [1.54, 1.807) is 18.0 Å². The molecule has 0 spiro atoms. The second-order valence-corrected chi connectivity index (χ2v) is 7.47. The van der Waals surface area contributed by atoms with Crippen molar-refractivity contribution in [2.75, 3.05) is 6.26 Å². The lowest BCUT2D eigenvalue weighted by atomic mass is 10.0. The lowest BCUT2D eigenvalue weighted by molar-refractivity contribution is -0.123. The van der Waals surface area contributed by atoms with Gasteiger partial charge in [0, 0.05) is 29.4 Å². The number of hydrogen-bond donors (Lipinski definition) is 2. The number of carbonyl (C=O) groups excluding carboxylic acids is 1. The molecule has 2 aromatic rings. The average molecular weight is 332 g/mol. The summed E-state index contributed by atoms with van der Waals surface area (Å²) in [5.74, 6) is 0.815. The van der Waals surface area contributed by atoms with E-state index in [0.717, 1.165) is 17.1 Å². The molecule has 3 N–H and O–H groups in total. The van der Waals surface area contributed by atoms with Gasteiger partial charge in [0.15, 0.2) is 0 Å². The van der Waals surface area contributed by atoms with Gasteiger partial charge < -0.3 is 15.6 Å². The number of benzene rings is 1. The minimum absolute atomic E-state index is 0.126. The number of hydrogen-bond acceptors (Lipinski definition) is 4. The molecular formula is C17H24N4OS. The van der Waals surface area contributed by atoms with E-state index in [1.807, 2.05) is 62.1 Å². The van der Waals surface area contributed by atoms with Gasteiger partial charge in [-0.15, -0.1) is 0 Å². The highest BCUT2D eigenvalue weighted by atomic mass is 32.2. The smallest absolute Gasteiger partial charge is 0.238 e. The molecule has 0 unspecified atom stereocenters. The van der Waals surface area contributed by atoms with Crippen molar-refractivity contribution >= 4 is 17.7 Å². The summed E-state index contributed by atoms with van der Waals surface area (Å²) in [5, 5.41) is 2.91. The molecule has 1 heterocycles. The Balaban J connectivity index is 1.97. The summed E-state index contributed by atoms with van der Waals surface area (Å²) in [6, 6.07) is 7.50. The highest BCUT2D eigenvalue weighted by molar-refractivity contribution is 8.00. The van der Waals surface area contributed by atoms with Gasteiger partial charge in [-0.05, 0) is 44.7 Å². The maximum Gasteiger partial charge on any atom is 0.238 e. The molecule has 0 bridgehead atoms. The van der Waals surface area contributed by atoms with Crippen LogP contribution in [0.25, 0.3) is 5.69 Å². The van der Waals surface area contributed by atoms with Gasteiger partial charge in [-0.3, -0.25) is 4.79 Å². The molecule has 0 aliphatic rings. The molecule has 23 heavy (non-hydrogen) atoms. The van der Waals surface area contributed by atoms with Gasteiger partial charge in [0.25, 0.3) is 0 Å². The zero-order valence-electron chi connectivity index (χ0n) is 14.0. The highest BCUT2D eigenvalue weighted by Crippen LogP contribution is 2.24. The average Bonchev–Trinajstić information content (AvgIpc) is 2.98. The Bertz CT molecular complexity index is 663. The maximum atomic E-state index is 12.2. The third-order valence-electron chi connectivity index (χ3n) is 4.06. The fraction of sp³-hybridized carbons (Fsp3) is 0.412. The van der Waals surface area contributed by atoms with E-state index in [0.29, 0.717) is 6.54 Å². The standard InChI is InChI=1S/C17H24N4OS/c1-12-19-9-10-21(12)14-7-5-13(6-8-14)11-20-16(22)15(18)17(2,3)23-4/h5-10,15H,11,18H2,1-4H3,(H,20,22)/t15-/m1/s1. The Labute approximate surface area is 141 Å². The molecule has 2 rings (SSSR count). The first-order valence-electron chi connectivity index (χ1n) is 7.53. The van der Waals surface area contributed by atoms with E-state index in [-0.39, 0.29) is 10.7 Å². The van der Waals surface area contributed by atoms with Gasteiger partial charge in [-0.2, -0.15) is 11.8 Å². The first kappa shape index (κ1) is 17.6. The summed E-state index contributed by atoms with van der Waals surface area (Å²) in [6.45, 7) is 6.39. The lowest BCUT2D eigenvalue weighted by Gasteiger charge is -2.28. The number of thioether (sulfide) groups is 1. The van der Waals surface area contributed by atoms with Gasteiger partial charge >= 0.3 is 0 Å². The SMILES string of the molecule is CSC(C)(C)[C@H](N)C(=O)NCc1ccc(-n2ccnc2C)cc1. The number of nitrogens with one attached hydrogen (secondary N) is 1. The van der Waals surface area contributed by atoms with Crippen LogP contribution >= 0.6 is 11.8 Å². The number of imidazole rings is 1. The van der Waals surface area contributed by atoms with E-state index < -0.39 is 6.04 Å². The quantitative estimate of drug-likeness (QED) is 0.851. The summed E-state index contributed by atoms with van der Waals surface area (Å²) in [4.78, 5) is 16.4. The van der Waals surface area contributed by atoms with Crippen LogP contribution in [0.3, 0.4) is 0 Å². The first-order chi connectivity index (χ1) is 10.8. The fourth-order valence-electron chi connectivity index (χ4n) is 2.17. The lowest BCUT2D eigenvalue weighted by Crippen LogP contribution is -2.51. The molecule has 0 aliphatic carbocycles. The third kappa shape index (κ3) is 4.14. The van der Waals surface area contributed by atoms with E-state index >= 15 is 0 Å². The van der Waals surface area contributed by atoms with Crippen LogP contribution in [0.2, 0.25) is 0 Å². The summed E-state index contributed by atoms with van der Waals surface area (Å²) in [5.41, 5.74) is 8.12. The fourth-order valence-corrected chi connectivity index (χ4v) is 2.53. The Morgan fingerprint density at radius 3 is 2.57 bits per heavy atom. The minimum atomic E-state index is -0.537. The van der Waals surface area contributed by atoms with E-state index in [2.05, 4.69) is 10.3 Å². The third-order valence-corrected chi connectivity index (χ3v) is 5.37. The van der Waals surface area contributed by atoms with Crippen LogP contribution in [-0.2, 0) is 11.3 Å². The molecular weight excluding hydrogens is 308 g/mol. The van der Waals surface area contributed by atoms with Crippen molar-refractivity contribution in [3.8, 4) is 5.69 Å². The molecule has 5 nitrogen and oxygen atoms in total. The Morgan fingerprint density at radius 1 is 1.39 bits per heavy atom. The van der Waals surface area contributed by atoms with E-state index in [9.17, 15) is 4.79 Å². The molecule has 0 saturated heterocycles. The Kier molecular flexibility index (Phi) is 5.49. The van der Waals surface area contributed by atoms with Gasteiger partial charge in [-0.25, -0.2) is 4.98 Å². The monoisotopic (exact) mass is 332 g/mol. The predicted molar refractivity (Wildman–Crippen MR) is 95.7 cm³/mol. The second-order valence-electron chi connectivity index (χ2n) is 6.01. The largest absolute Gasteiger partial charge is 0.351 e. The number of aromatic nitrogens is 2. The van der Waals surface area contributed by atoms with Gasteiger partial charge in [-0.1, -0.05) is 12.1 Å². The maximum absolute atomic E-state index is 12.2. The summed E-state index contributed by atoms with van der Waals surface area (Å²) < 4.78 is 1.73. The van der Waals surface area contributed by atoms with E-state index in [4.69, 9.17) is 5.73 Å². The number of nitrogens with zero attached hydrogens (tertiary/aromatic N) is 2. The van der Waals surface area contributed by atoms with Crippen molar-refractivity contribution in [1.29, 1.82) is 0 Å². The normalized spacial score (nSPS) is 12.9.